The third-order valence-corrected chi connectivity index (χ3v) is 4.43. The Balaban J connectivity index is 1.93. The zero-order chi connectivity index (χ0) is 24.4. The fourth-order valence-electron chi connectivity index (χ4n) is 2.94. The summed E-state index contributed by atoms with van der Waals surface area (Å²) in [6, 6.07) is 8.77. The molecule has 0 amide bonds. The van der Waals surface area contributed by atoms with Crippen molar-refractivity contribution in [1.82, 2.24) is 14.9 Å². The monoisotopic (exact) mass is 468 g/mol. The van der Waals surface area contributed by atoms with Crippen LogP contribution in [0.4, 0.5) is 32.2 Å². The molecule has 0 spiro atoms. The van der Waals surface area contributed by atoms with Gasteiger partial charge in [0.2, 0.25) is 0 Å². The van der Waals surface area contributed by atoms with Crippen LogP contribution in [-0.4, -0.2) is 41.2 Å². The maximum atomic E-state index is 13.0. The molecule has 5 nitrogen and oxygen atoms in total. The van der Waals surface area contributed by atoms with E-state index < -0.39 is 18.1 Å². The molecule has 0 fully saturated rings. The lowest BCUT2D eigenvalue weighted by molar-refractivity contribution is -0.274. The van der Waals surface area contributed by atoms with Crippen LogP contribution in [0, 0.1) is 6.92 Å². The number of pyridine rings is 2. The number of ether oxygens (including phenoxy) is 1. The van der Waals surface area contributed by atoms with Gasteiger partial charge in [0.1, 0.15) is 11.4 Å². The highest BCUT2D eigenvalue weighted by atomic mass is 19.4. The molecule has 0 unspecified atom stereocenters. The van der Waals surface area contributed by atoms with Crippen molar-refractivity contribution in [2.45, 2.75) is 19.5 Å². The maximum absolute atomic E-state index is 13.0. The van der Waals surface area contributed by atoms with Crippen molar-refractivity contribution in [3.05, 3.63) is 71.7 Å². The van der Waals surface area contributed by atoms with E-state index in [1.807, 2.05) is 0 Å². The molecule has 2 heterocycles. The Kier molecular flexibility index (Phi) is 6.61. The van der Waals surface area contributed by atoms with Gasteiger partial charge in [-0.2, -0.15) is 13.2 Å². The van der Waals surface area contributed by atoms with Crippen LogP contribution in [0.2, 0.25) is 0 Å². The van der Waals surface area contributed by atoms with Gasteiger partial charge < -0.3 is 9.64 Å². The van der Waals surface area contributed by atoms with Gasteiger partial charge in [-0.05, 0) is 48.4 Å². The quantitative estimate of drug-likeness (QED) is 0.267. The third kappa shape index (κ3) is 6.21. The molecule has 3 rings (SSSR count). The van der Waals surface area contributed by atoms with Gasteiger partial charge in [0.15, 0.2) is 11.7 Å². The molecule has 0 bridgehead atoms. The minimum absolute atomic E-state index is 0.126. The number of aryl methyl sites for hydroxylation is 1. The average molecular weight is 468 g/mol. The van der Waals surface area contributed by atoms with Crippen LogP contribution in [0.25, 0.3) is 11.1 Å². The van der Waals surface area contributed by atoms with Crippen LogP contribution < -0.4 is 4.74 Å². The Morgan fingerprint density at radius 2 is 1.58 bits per heavy atom. The first-order chi connectivity index (χ1) is 15.3. The van der Waals surface area contributed by atoms with Crippen molar-refractivity contribution in [2.24, 2.45) is 4.99 Å². The van der Waals surface area contributed by atoms with E-state index in [1.165, 1.54) is 30.5 Å². The molecule has 2 aromatic heterocycles. The molecule has 0 saturated heterocycles. The molecule has 0 aliphatic heterocycles. The van der Waals surface area contributed by atoms with Gasteiger partial charge in [-0.25, -0.2) is 9.98 Å². The molecule has 0 N–H and O–H groups in total. The Bertz CT molecular complexity index is 1150. The topological polar surface area (TPSA) is 50.6 Å². The minimum Gasteiger partial charge on any atom is -0.406 e. The van der Waals surface area contributed by atoms with E-state index in [2.05, 4.69) is 19.7 Å². The highest BCUT2D eigenvalue weighted by molar-refractivity contribution is 5.99. The number of alkyl halides is 6. The van der Waals surface area contributed by atoms with E-state index in [0.29, 0.717) is 28.2 Å². The van der Waals surface area contributed by atoms with Crippen LogP contribution in [0.3, 0.4) is 0 Å². The molecule has 1 aromatic carbocycles. The Labute approximate surface area is 185 Å². The highest BCUT2D eigenvalue weighted by Crippen LogP contribution is 2.31. The molecule has 0 saturated carbocycles. The summed E-state index contributed by atoms with van der Waals surface area (Å²) in [4.78, 5) is 14.1. The van der Waals surface area contributed by atoms with Crippen molar-refractivity contribution in [1.29, 1.82) is 0 Å². The van der Waals surface area contributed by atoms with E-state index >= 15 is 0 Å². The average Bonchev–Trinajstić information content (AvgIpc) is 2.71. The fraction of sp³-hybridized carbons (Fsp3) is 0.227. The third-order valence-electron chi connectivity index (χ3n) is 4.43. The molecule has 0 atom stereocenters. The minimum atomic E-state index is -4.78. The van der Waals surface area contributed by atoms with Crippen molar-refractivity contribution in [3.8, 4) is 16.9 Å². The number of aromatic nitrogens is 2. The molecule has 0 aliphatic carbocycles. The van der Waals surface area contributed by atoms with E-state index in [4.69, 9.17) is 0 Å². The van der Waals surface area contributed by atoms with Crippen molar-refractivity contribution in [2.75, 3.05) is 14.1 Å². The standard InChI is InChI=1S/C22H18F6N4O/c1-13-10-15(14-4-6-17(7-5-14)33-22(26,27)28)12-30-19(13)20(32(2)3)31-18-11-16(8-9-29-18)21(23,24)25/h4-12H,1-3H3. The number of benzene rings is 1. The molecule has 174 valence electrons. The van der Waals surface area contributed by atoms with Gasteiger partial charge in [-0.1, -0.05) is 12.1 Å². The first kappa shape index (κ1) is 24.0. The molecule has 33 heavy (non-hydrogen) atoms. The van der Waals surface area contributed by atoms with E-state index in [0.717, 1.165) is 18.3 Å². The summed E-state index contributed by atoms with van der Waals surface area (Å²) < 4.78 is 79.9. The summed E-state index contributed by atoms with van der Waals surface area (Å²) in [5.41, 5.74) is 1.44. The van der Waals surface area contributed by atoms with Crippen molar-refractivity contribution >= 4 is 11.7 Å². The number of rotatable bonds is 4. The number of halogens is 6. The van der Waals surface area contributed by atoms with Gasteiger partial charge in [-0.15, -0.1) is 13.2 Å². The molecular weight excluding hydrogens is 450 g/mol. The van der Waals surface area contributed by atoms with Gasteiger partial charge in [-0.3, -0.25) is 4.98 Å². The normalized spacial score (nSPS) is 12.6. The van der Waals surface area contributed by atoms with E-state index in [1.54, 1.807) is 32.0 Å². The first-order valence-electron chi connectivity index (χ1n) is 9.46. The Morgan fingerprint density at radius 3 is 2.12 bits per heavy atom. The fourth-order valence-corrected chi connectivity index (χ4v) is 2.94. The predicted octanol–water partition coefficient (Wildman–Crippen LogP) is 6.01. The summed E-state index contributed by atoms with van der Waals surface area (Å²) >= 11 is 0. The number of amidine groups is 1. The number of hydrogen-bond donors (Lipinski definition) is 0. The smallest absolute Gasteiger partial charge is 0.406 e. The highest BCUT2D eigenvalue weighted by Gasteiger charge is 2.31. The Hall–Kier alpha value is -3.63. The molecule has 11 heteroatoms. The van der Waals surface area contributed by atoms with Gasteiger partial charge in [0, 0.05) is 32.1 Å². The molecular formula is C22H18F6N4O. The lowest BCUT2D eigenvalue weighted by Crippen LogP contribution is -2.25. The summed E-state index contributed by atoms with van der Waals surface area (Å²) in [7, 11) is 3.34. The number of hydrogen-bond acceptors (Lipinski definition) is 4. The summed E-state index contributed by atoms with van der Waals surface area (Å²) in [6.07, 6.45) is -6.77. The summed E-state index contributed by atoms with van der Waals surface area (Å²) in [5, 5.41) is 0. The zero-order valence-corrected chi connectivity index (χ0v) is 17.7. The maximum Gasteiger partial charge on any atom is 0.573 e. The lowest BCUT2D eigenvalue weighted by Gasteiger charge is -2.18. The zero-order valence-electron chi connectivity index (χ0n) is 17.7. The molecule has 3 aromatic rings. The Morgan fingerprint density at radius 1 is 0.909 bits per heavy atom. The second kappa shape index (κ2) is 9.08. The van der Waals surface area contributed by atoms with Gasteiger partial charge >= 0.3 is 12.5 Å². The largest absolute Gasteiger partial charge is 0.573 e. The van der Waals surface area contributed by atoms with E-state index in [-0.39, 0.29) is 11.6 Å². The number of nitrogens with zero attached hydrogens (tertiary/aromatic N) is 4. The first-order valence-corrected chi connectivity index (χ1v) is 9.46. The number of aliphatic imine (C=N–C) groups is 1. The SMILES string of the molecule is Cc1cc(-c2ccc(OC(F)(F)F)cc2)cnc1C(=Nc1cc(C(F)(F)F)ccn1)N(C)C. The van der Waals surface area contributed by atoms with Gasteiger partial charge in [0.05, 0.1) is 5.56 Å². The van der Waals surface area contributed by atoms with Crippen LogP contribution in [0.1, 0.15) is 16.8 Å². The van der Waals surface area contributed by atoms with Gasteiger partial charge in [0.25, 0.3) is 0 Å². The lowest BCUT2D eigenvalue weighted by atomic mass is 10.0. The second-order valence-corrected chi connectivity index (χ2v) is 7.19. The van der Waals surface area contributed by atoms with Crippen LogP contribution in [0.15, 0.2) is 59.9 Å². The second-order valence-electron chi connectivity index (χ2n) is 7.19. The van der Waals surface area contributed by atoms with E-state index in [9.17, 15) is 26.3 Å². The molecule has 0 aliphatic rings. The molecule has 0 radical (unpaired) electrons. The summed E-state index contributed by atoms with van der Waals surface area (Å²) in [6.45, 7) is 1.74. The van der Waals surface area contributed by atoms with Crippen LogP contribution in [-0.2, 0) is 6.18 Å². The van der Waals surface area contributed by atoms with Crippen LogP contribution in [0.5, 0.6) is 5.75 Å². The predicted molar refractivity (Wildman–Crippen MR) is 110 cm³/mol. The summed E-state index contributed by atoms with van der Waals surface area (Å²) in [5.74, 6) is -0.179. The van der Waals surface area contributed by atoms with Crippen LogP contribution >= 0.6 is 0 Å². The van der Waals surface area contributed by atoms with Crippen molar-refractivity contribution in [3.63, 3.8) is 0 Å². The van der Waals surface area contributed by atoms with Crippen molar-refractivity contribution < 1.29 is 31.1 Å².